The zero-order valence-corrected chi connectivity index (χ0v) is 14.1. The second-order valence-electron chi connectivity index (χ2n) is 5.77. The Labute approximate surface area is 148 Å². The third-order valence-corrected chi connectivity index (χ3v) is 5.17. The Morgan fingerprint density at radius 2 is 1.32 bits per heavy atom. The van der Waals surface area contributed by atoms with Gasteiger partial charge in [-0.3, -0.25) is 0 Å². The van der Waals surface area contributed by atoms with Gasteiger partial charge in [-0.1, -0.05) is 60.7 Å². The SMILES string of the molecule is c1ccc(-c2nc(-c3nc4ccccc4s3)c3ccccc3n2)cc1. The van der Waals surface area contributed by atoms with Gasteiger partial charge in [0.15, 0.2) is 5.82 Å². The van der Waals surface area contributed by atoms with Crippen LogP contribution < -0.4 is 0 Å². The molecule has 0 aliphatic heterocycles. The number of thiazole rings is 1. The predicted octanol–water partition coefficient (Wildman–Crippen LogP) is 5.57. The molecule has 0 amide bonds. The van der Waals surface area contributed by atoms with Gasteiger partial charge in [0, 0.05) is 10.9 Å². The standard InChI is InChI=1S/C21H13N3S/c1-2-8-14(9-3-1)20-22-16-11-5-4-10-15(16)19(24-20)21-23-17-12-6-7-13-18(17)25-21/h1-13H. The molecule has 3 aromatic carbocycles. The minimum Gasteiger partial charge on any atom is -0.234 e. The largest absolute Gasteiger partial charge is 0.234 e. The maximum absolute atomic E-state index is 4.87. The number of rotatable bonds is 2. The van der Waals surface area contributed by atoms with Crippen LogP contribution in [0.2, 0.25) is 0 Å². The van der Waals surface area contributed by atoms with Gasteiger partial charge in [0.2, 0.25) is 0 Å². The summed E-state index contributed by atoms with van der Waals surface area (Å²) < 4.78 is 1.17. The quantitative estimate of drug-likeness (QED) is 0.422. The molecule has 2 heterocycles. The number of hydrogen-bond acceptors (Lipinski definition) is 4. The zero-order chi connectivity index (χ0) is 16.6. The van der Waals surface area contributed by atoms with E-state index in [1.54, 1.807) is 11.3 Å². The molecule has 0 bridgehead atoms. The smallest absolute Gasteiger partial charge is 0.160 e. The molecule has 0 spiro atoms. The first-order valence-electron chi connectivity index (χ1n) is 8.07. The second kappa shape index (κ2) is 5.76. The third-order valence-electron chi connectivity index (χ3n) is 4.13. The lowest BCUT2D eigenvalue weighted by Gasteiger charge is -2.07. The Morgan fingerprint density at radius 1 is 0.600 bits per heavy atom. The van der Waals surface area contributed by atoms with Crippen molar-refractivity contribution in [3.8, 4) is 22.1 Å². The minimum atomic E-state index is 0.730. The summed E-state index contributed by atoms with van der Waals surface area (Å²) in [4.78, 5) is 14.4. The number of para-hydroxylation sites is 2. The zero-order valence-electron chi connectivity index (χ0n) is 13.3. The van der Waals surface area contributed by atoms with Crippen LogP contribution in [0.3, 0.4) is 0 Å². The summed E-state index contributed by atoms with van der Waals surface area (Å²) in [5.74, 6) is 0.730. The summed E-state index contributed by atoms with van der Waals surface area (Å²) in [5.41, 5.74) is 3.85. The van der Waals surface area contributed by atoms with Crippen molar-refractivity contribution in [1.82, 2.24) is 15.0 Å². The normalized spacial score (nSPS) is 11.2. The maximum Gasteiger partial charge on any atom is 0.160 e. The van der Waals surface area contributed by atoms with Gasteiger partial charge in [-0.2, -0.15) is 0 Å². The fraction of sp³-hybridized carbons (Fsp3) is 0. The lowest BCUT2D eigenvalue weighted by atomic mass is 10.1. The van der Waals surface area contributed by atoms with Gasteiger partial charge in [0.25, 0.3) is 0 Å². The second-order valence-corrected chi connectivity index (χ2v) is 6.80. The molecule has 0 atom stereocenters. The molecule has 4 heteroatoms. The average Bonchev–Trinajstić information content (AvgIpc) is 3.12. The summed E-state index contributed by atoms with van der Waals surface area (Å²) >= 11 is 1.67. The van der Waals surface area contributed by atoms with E-state index in [1.165, 1.54) is 4.70 Å². The highest BCUT2D eigenvalue weighted by Crippen LogP contribution is 2.34. The van der Waals surface area contributed by atoms with Gasteiger partial charge in [-0.15, -0.1) is 11.3 Å². The summed E-state index contributed by atoms with van der Waals surface area (Å²) in [5, 5.41) is 1.96. The molecule has 0 aliphatic rings. The molecule has 3 nitrogen and oxygen atoms in total. The van der Waals surface area contributed by atoms with Crippen LogP contribution in [0, 0.1) is 0 Å². The van der Waals surface area contributed by atoms with Crippen LogP contribution in [-0.4, -0.2) is 15.0 Å². The fourth-order valence-electron chi connectivity index (χ4n) is 2.93. The molecule has 0 aliphatic carbocycles. The molecular formula is C21H13N3S. The van der Waals surface area contributed by atoms with E-state index < -0.39 is 0 Å². The summed E-state index contributed by atoms with van der Waals surface area (Å²) in [7, 11) is 0. The Balaban J connectivity index is 1.81. The predicted molar refractivity (Wildman–Crippen MR) is 104 cm³/mol. The van der Waals surface area contributed by atoms with E-state index in [0.29, 0.717) is 0 Å². The lowest BCUT2D eigenvalue weighted by molar-refractivity contribution is 1.22. The Bertz CT molecular complexity index is 1160. The molecular weight excluding hydrogens is 326 g/mol. The molecule has 0 N–H and O–H groups in total. The van der Waals surface area contributed by atoms with Gasteiger partial charge in [0.1, 0.15) is 10.7 Å². The van der Waals surface area contributed by atoms with Crippen LogP contribution in [-0.2, 0) is 0 Å². The van der Waals surface area contributed by atoms with Crippen molar-refractivity contribution in [3.05, 3.63) is 78.9 Å². The van der Waals surface area contributed by atoms with E-state index in [4.69, 9.17) is 15.0 Å². The highest BCUT2D eigenvalue weighted by atomic mass is 32.1. The molecule has 0 radical (unpaired) electrons. The van der Waals surface area contributed by atoms with Crippen molar-refractivity contribution < 1.29 is 0 Å². The van der Waals surface area contributed by atoms with Gasteiger partial charge in [0.05, 0.1) is 15.7 Å². The minimum absolute atomic E-state index is 0.730. The van der Waals surface area contributed by atoms with E-state index >= 15 is 0 Å². The Kier molecular flexibility index (Phi) is 3.28. The Hall–Kier alpha value is -3.11. The highest BCUT2D eigenvalue weighted by molar-refractivity contribution is 7.21. The highest BCUT2D eigenvalue weighted by Gasteiger charge is 2.14. The first-order valence-corrected chi connectivity index (χ1v) is 8.88. The van der Waals surface area contributed by atoms with Crippen LogP contribution in [0.1, 0.15) is 0 Å². The number of fused-ring (bicyclic) bond motifs is 2. The topological polar surface area (TPSA) is 38.7 Å². The monoisotopic (exact) mass is 339 g/mol. The molecule has 5 rings (SSSR count). The van der Waals surface area contributed by atoms with E-state index in [9.17, 15) is 0 Å². The van der Waals surface area contributed by atoms with Gasteiger partial charge in [-0.05, 0) is 18.2 Å². The number of nitrogens with zero attached hydrogens (tertiary/aromatic N) is 3. The first-order chi connectivity index (χ1) is 12.4. The van der Waals surface area contributed by atoms with E-state index in [0.717, 1.165) is 38.5 Å². The summed E-state index contributed by atoms with van der Waals surface area (Å²) in [6.07, 6.45) is 0. The first kappa shape index (κ1) is 14.3. The van der Waals surface area contributed by atoms with Crippen LogP contribution in [0.25, 0.3) is 43.2 Å². The van der Waals surface area contributed by atoms with Crippen LogP contribution in [0.15, 0.2) is 78.9 Å². The van der Waals surface area contributed by atoms with E-state index in [1.807, 2.05) is 66.7 Å². The summed E-state index contributed by atoms with van der Waals surface area (Å²) in [6, 6.07) is 26.4. The van der Waals surface area contributed by atoms with Gasteiger partial charge >= 0.3 is 0 Å². The van der Waals surface area contributed by atoms with Crippen molar-refractivity contribution in [2.45, 2.75) is 0 Å². The molecule has 25 heavy (non-hydrogen) atoms. The van der Waals surface area contributed by atoms with Crippen LogP contribution in [0.4, 0.5) is 0 Å². The van der Waals surface area contributed by atoms with Crippen molar-refractivity contribution in [2.24, 2.45) is 0 Å². The lowest BCUT2D eigenvalue weighted by Crippen LogP contribution is -1.94. The van der Waals surface area contributed by atoms with Gasteiger partial charge in [-0.25, -0.2) is 15.0 Å². The molecule has 0 fully saturated rings. The molecule has 2 aromatic heterocycles. The molecule has 0 saturated carbocycles. The van der Waals surface area contributed by atoms with Crippen LogP contribution >= 0.6 is 11.3 Å². The molecule has 118 valence electrons. The van der Waals surface area contributed by atoms with E-state index in [2.05, 4.69) is 12.1 Å². The van der Waals surface area contributed by atoms with Crippen LogP contribution in [0.5, 0.6) is 0 Å². The molecule has 5 aromatic rings. The summed E-state index contributed by atoms with van der Waals surface area (Å²) in [6.45, 7) is 0. The Morgan fingerprint density at radius 3 is 2.16 bits per heavy atom. The van der Waals surface area contributed by atoms with Crippen molar-refractivity contribution in [3.63, 3.8) is 0 Å². The van der Waals surface area contributed by atoms with E-state index in [-0.39, 0.29) is 0 Å². The molecule has 0 saturated heterocycles. The van der Waals surface area contributed by atoms with Crippen molar-refractivity contribution in [1.29, 1.82) is 0 Å². The van der Waals surface area contributed by atoms with Crippen molar-refractivity contribution in [2.75, 3.05) is 0 Å². The number of aromatic nitrogens is 3. The van der Waals surface area contributed by atoms with Crippen molar-refractivity contribution >= 4 is 32.5 Å². The third kappa shape index (κ3) is 2.47. The number of hydrogen-bond donors (Lipinski definition) is 0. The maximum atomic E-state index is 4.87. The number of benzene rings is 3. The fourth-order valence-corrected chi connectivity index (χ4v) is 3.90. The molecule has 0 unspecified atom stereocenters. The average molecular weight is 339 g/mol. The van der Waals surface area contributed by atoms with Gasteiger partial charge < -0.3 is 0 Å².